The normalized spacial score (nSPS) is 39.1. The first-order valence-corrected chi connectivity index (χ1v) is 13.0. The fraction of sp³-hybridized carbons (Fsp3) is 0.519. The Morgan fingerprint density at radius 2 is 1.29 bits per heavy atom. The fourth-order valence-corrected chi connectivity index (χ4v) is 5.02. The highest BCUT2D eigenvalue weighted by Gasteiger charge is 2.49. The summed E-state index contributed by atoms with van der Waals surface area (Å²) in [5, 5.41) is 81.6. The topological polar surface area (TPSA) is 225 Å². The lowest BCUT2D eigenvalue weighted by molar-refractivity contribution is -0.304. The van der Waals surface area contributed by atoms with Crippen molar-refractivity contribution in [2.75, 3.05) is 0 Å². The maximum Gasteiger partial charge on any atom is 0.229 e. The van der Waals surface area contributed by atoms with Gasteiger partial charge in [0, 0.05) is 12.1 Å². The number of phenolic OH excluding ortho intramolecular Hbond substituents is 2. The Bertz CT molecular complexity index is 1250. The van der Waals surface area contributed by atoms with Crippen LogP contribution >= 0.6 is 0 Å². The minimum Gasteiger partial charge on any atom is -0.508 e. The van der Waals surface area contributed by atoms with Gasteiger partial charge in [0.25, 0.3) is 0 Å². The van der Waals surface area contributed by atoms with Crippen molar-refractivity contribution in [3.05, 3.63) is 47.5 Å². The van der Waals surface area contributed by atoms with Crippen LogP contribution in [0.4, 0.5) is 0 Å². The number of carbonyl (C=O) groups excluding carboxylic acids is 1. The summed E-state index contributed by atoms with van der Waals surface area (Å²) in [6.45, 7) is 2.92. The molecule has 2 saturated heterocycles. The van der Waals surface area contributed by atoms with Gasteiger partial charge < -0.3 is 64.5 Å². The number of ketones is 1. The van der Waals surface area contributed by atoms with E-state index in [-0.39, 0.29) is 22.8 Å². The van der Waals surface area contributed by atoms with E-state index in [2.05, 4.69) is 0 Å². The van der Waals surface area contributed by atoms with E-state index in [1.165, 1.54) is 44.2 Å². The molecule has 0 saturated carbocycles. The highest BCUT2D eigenvalue weighted by atomic mass is 16.7. The van der Waals surface area contributed by atoms with E-state index in [1.807, 2.05) is 0 Å². The van der Waals surface area contributed by atoms with Crippen molar-refractivity contribution in [1.29, 1.82) is 0 Å². The molecule has 0 amide bonds. The molecule has 0 aliphatic carbocycles. The zero-order valence-electron chi connectivity index (χ0n) is 21.9. The molecule has 2 aromatic rings. The van der Waals surface area contributed by atoms with Gasteiger partial charge in [-0.1, -0.05) is 12.1 Å². The maximum atomic E-state index is 13.7. The summed E-state index contributed by atoms with van der Waals surface area (Å²) >= 11 is 0. The van der Waals surface area contributed by atoms with Gasteiger partial charge in [-0.25, -0.2) is 0 Å². The van der Waals surface area contributed by atoms with Crippen LogP contribution in [0, 0.1) is 0 Å². The number of phenols is 2. The van der Waals surface area contributed by atoms with Gasteiger partial charge >= 0.3 is 0 Å². The first-order valence-electron chi connectivity index (χ1n) is 13.0. The Kier molecular flexibility index (Phi) is 8.13. The van der Waals surface area contributed by atoms with Crippen molar-refractivity contribution >= 4 is 5.78 Å². The number of hydrogen-bond donors (Lipinski definition) is 8. The lowest BCUT2D eigenvalue weighted by atomic mass is 9.92. The van der Waals surface area contributed by atoms with Crippen molar-refractivity contribution < 1.29 is 69.3 Å². The predicted molar refractivity (Wildman–Crippen MR) is 134 cm³/mol. The number of ether oxygens (including phenoxy) is 5. The highest BCUT2D eigenvalue weighted by molar-refractivity contribution is 6.05. The largest absolute Gasteiger partial charge is 0.508 e. The molecule has 2 fully saturated rings. The third-order valence-corrected chi connectivity index (χ3v) is 7.46. The molecule has 3 aliphatic heterocycles. The molecule has 14 heteroatoms. The number of fused-ring (bicyclic) bond motifs is 1. The molecule has 224 valence electrons. The fourth-order valence-electron chi connectivity index (χ4n) is 5.02. The van der Waals surface area contributed by atoms with Gasteiger partial charge in [-0.15, -0.1) is 0 Å². The van der Waals surface area contributed by atoms with E-state index >= 15 is 0 Å². The lowest BCUT2D eigenvalue weighted by Gasteiger charge is -2.42. The molecule has 41 heavy (non-hydrogen) atoms. The van der Waals surface area contributed by atoms with Crippen LogP contribution in [0.15, 0.2) is 36.4 Å². The summed E-state index contributed by atoms with van der Waals surface area (Å²) in [6.07, 6.45) is -16.9. The Balaban J connectivity index is 1.47. The Labute approximate surface area is 233 Å². The smallest absolute Gasteiger partial charge is 0.229 e. The maximum absolute atomic E-state index is 13.7. The average molecular weight is 581 g/mol. The van der Waals surface area contributed by atoms with Crippen LogP contribution in [0.5, 0.6) is 23.0 Å². The standard InChI is InChI=1S/C27H32O14/c1-9-17(30)20(33)22(35)26(37-9)39-13-7-14(29)16-15(8-13)40-24(11-3-5-12(28)6-4-11)25(19(16)32)41-27-23(36)21(34)18(31)10(2)38-27/h3-10,17-18,20-31,33-36H,1-2H3/t9-,10-,17-,18-,20+,21+,22+,23+,24?,25?,26-,27-/m0/s1. The number of hydrogen-bond acceptors (Lipinski definition) is 14. The van der Waals surface area contributed by atoms with Gasteiger partial charge in [0.1, 0.15) is 65.2 Å². The molecular weight excluding hydrogens is 548 g/mol. The number of aliphatic hydroxyl groups is 6. The van der Waals surface area contributed by atoms with Gasteiger partial charge in [-0.2, -0.15) is 0 Å². The van der Waals surface area contributed by atoms with Crippen molar-refractivity contribution in [2.24, 2.45) is 0 Å². The zero-order valence-corrected chi connectivity index (χ0v) is 21.9. The first kappa shape index (κ1) is 29.4. The second kappa shape index (κ2) is 11.3. The van der Waals surface area contributed by atoms with Crippen molar-refractivity contribution in [2.45, 2.75) is 87.5 Å². The van der Waals surface area contributed by atoms with Gasteiger partial charge in [0.2, 0.25) is 12.1 Å². The van der Waals surface area contributed by atoms with Crippen LogP contribution in [-0.4, -0.2) is 114 Å². The van der Waals surface area contributed by atoms with Crippen molar-refractivity contribution in [3.63, 3.8) is 0 Å². The van der Waals surface area contributed by atoms with Crippen LogP contribution in [-0.2, 0) is 14.2 Å². The number of aromatic hydroxyl groups is 2. The molecule has 3 heterocycles. The van der Waals surface area contributed by atoms with E-state index in [1.54, 1.807) is 0 Å². The summed E-state index contributed by atoms with van der Waals surface area (Å²) in [7, 11) is 0. The van der Waals surface area contributed by atoms with E-state index < -0.39 is 85.2 Å². The summed E-state index contributed by atoms with van der Waals surface area (Å²) in [6, 6.07) is 7.95. The monoisotopic (exact) mass is 580 g/mol. The first-order chi connectivity index (χ1) is 19.4. The molecule has 5 rings (SSSR count). The molecule has 2 unspecified atom stereocenters. The second-order valence-electron chi connectivity index (χ2n) is 10.3. The van der Waals surface area contributed by atoms with Crippen LogP contribution in [0.2, 0.25) is 0 Å². The summed E-state index contributed by atoms with van der Waals surface area (Å²) in [5.41, 5.74) is 0.0544. The zero-order chi connectivity index (χ0) is 29.7. The average Bonchev–Trinajstić information content (AvgIpc) is 2.93. The number of Topliss-reactive ketones (excluding diaryl/α,β-unsaturated/α-hetero) is 1. The minimum atomic E-state index is -1.72. The quantitative estimate of drug-likeness (QED) is 0.209. The SMILES string of the molecule is C[C@@H]1O[C@@H](Oc2cc(O)c3c(c2)OC(c2ccc(O)cc2)C(O[C@@H]2O[C@@H](C)[C@H](O)[C@@H](O)[C@H]2O)C3=O)[C@H](O)[C@H](O)[C@H]1O. The molecule has 12 atom stereocenters. The minimum absolute atomic E-state index is 0.0633. The van der Waals surface area contributed by atoms with E-state index in [0.29, 0.717) is 5.56 Å². The number of rotatable bonds is 5. The molecule has 2 aromatic carbocycles. The number of benzene rings is 2. The predicted octanol–water partition coefficient (Wildman–Crippen LogP) is -1.17. The van der Waals surface area contributed by atoms with Crippen LogP contribution in [0.3, 0.4) is 0 Å². The summed E-state index contributed by atoms with van der Waals surface area (Å²) in [4.78, 5) is 13.7. The molecule has 0 aromatic heterocycles. The lowest BCUT2D eigenvalue weighted by Crippen LogP contribution is -2.59. The van der Waals surface area contributed by atoms with Gasteiger partial charge in [0.05, 0.1) is 12.2 Å². The molecular formula is C27H32O14. The van der Waals surface area contributed by atoms with Crippen LogP contribution in [0.25, 0.3) is 0 Å². The molecule has 3 aliphatic rings. The summed E-state index contributed by atoms with van der Waals surface area (Å²) < 4.78 is 28.5. The van der Waals surface area contributed by atoms with Gasteiger partial charge in [-0.3, -0.25) is 4.79 Å². The van der Waals surface area contributed by atoms with Crippen molar-refractivity contribution in [1.82, 2.24) is 0 Å². The Morgan fingerprint density at radius 1 is 0.732 bits per heavy atom. The van der Waals surface area contributed by atoms with Crippen LogP contribution < -0.4 is 9.47 Å². The number of aliphatic hydroxyl groups excluding tert-OH is 6. The molecule has 14 nitrogen and oxygen atoms in total. The second-order valence-corrected chi connectivity index (χ2v) is 10.3. The highest BCUT2D eigenvalue weighted by Crippen LogP contribution is 2.44. The third-order valence-electron chi connectivity index (χ3n) is 7.46. The number of carbonyl (C=O) groups is 1. The van der Waals surface area contributed by atoms with Gasteiger partial charge in [0.15, 0.2) is 18.5 Å². The molecule has 8 N–H and O–H groups in total. The van der Waals surface area contributed by atoms with E-state index in [4.69, 9.17) is 23.7 Å². The molecule has 0 radical (unpaired) electrons. The van der Waals surface area contributed by atoms with Gasteiger partial charge in [-0.05, 0) is 31.5 Å². The van der Waals surface area contributed by atoms with E-state index in [9.17, 15) is 45.6 Å². The summed E-state index contributed by atoms with van der Waals surface area (Å²) in [5.74, 6) is -1.68. The molecule has 0 bridgehead atoms. The molecule has 0 spiro atoms. The Hall–Kier alpha value is -3.05. The van der Waals surface area contributed by atoms with E-state index in [0.717, 1.165) is 6.07 Å². The van der Waals surface area contributed by atoms with Crippen LogP contribution in [0.1, 0.15) is 35.9 Å². The Morgan fingerprint density at radius 3 is 1.90 bits per heavy atom. The van der Waals surface area contributed by atoms with Crippen molar-refractivity contribution in [3.8, 4) is 23.0 Å². The third kappa shape index (κ3) is 5.46.